The molecule has 4 rings (SSSR count). The molecule has 0 bridgehead atoms. The van der Waals surface area contributed by atoms with Gasteiger partial charge in [-0.25, -0.2) is 0 Å². The van der Waals surface area contributed by atoms with Gasteiger partial charge in [-0.3, -0.25) is 4.90 Å². The summed E-state index contributed by atoms with van der Waals surface area (Å²) >= 11 is 0. The molecule has 2 fully saturated rings. The molecule has 0 aromatic heterocycles. The molecule has 2 aliphatic rings. The van der Waals surface area contributed by atoms with Crippen LogP contribution in [-0.2, 0) is 12.1 Å². The second-order valence-corrected chi connectivity index (χ2v) is 7.45. The first-order valence-electron chi connectivity index (χ1n) is 9.33. The summed E-state index contributed by atoms with van der Waals surface area (Å²) < 4.78 is 0. The van der Waals surface area contributed by atoms with E-state index in [4.69, 9.17) is 0 Å². The quantitative estimate of drug-likeness (QED) is 0.909. The number of fused-ring (bicyclic) bond motifs is 1. The number of rotatable bonds is 3. The minimum atomic E-state index is -0.653. The number of benzene rings is 2. The van der Waals surface area contributed by atoms with E-state index in [0.29, 0.717) is 12.0 Å². The maximum absolute atomic E-state index is 11.6. The number of hydrogen-bond acceptors (Lipinski definition) is 2. The Morgan fingerprint density at radius 3 is 2.33 bits per heavy atom. The van der Waals surface area contributed by atoms with E-state index < -0.39 is 5.60 Å². The maximum atomic E-state index is 11.6. The molecule has 2 heteroatoms. The van der Waals surface area contributed by atoms with Crippen molar-refractivity contribution in [2.45, 2.75) is 50.3 Å². The lowest BCUT2D eigenvalue weighted by atomic mass is 9.66. The summed E-state index contributed by atoms with van der Waals surface area (Å²) in [6.07, 6.45) is 5.73. The van der Waals surface area contributed by atoms with Crippen LogP contribution in [0.1, 0.15) is 43.2 Å². The maximum Gasteiger partial charge on any atom is 0.0951 e. The van der Waals surface area contributed by atoms with Gasteiger partial charge in [0.2, 0.25) is 0 Å². The van der Waals surface area contributed by atoms with Gasteiger partial charge in [0.05, 0.1) is 5.60 Å². The molecule has 1 aliphatic carbocycles. The van der Waals surface area contributed by atoms with Crippen molar-refractivity contribution in [3.8, 4) is 0 Å². The Balaban J connectivity index is 1.60. The van der Waals surface area contributed by atoms with Gasteiger partial charge in [0.25, 0.3) is 0 Å². The van der Waals surface area contributed by atoms with Gasteiger partial charge in [-0.15, -0.1) is 0 Å². The van der Waals surface area contributed by atoms with Crippen LogP contribution in [0.2, 0.25) is 0 Å². The molecule has 3 atom stereocenters. The van der Waals surface area contributed by atoms with E-state index in [2.05, 4.69) is 59.5 Å². The van der Waals surface area contributed by atoms with Crippen LogP contribution < -0.4 is 0 Å². The van der Waals surface area contributed by atoms with Crippen molar-refractivity contribution in [3.63, 3.8) is 0 Å². The van der Waals surface area contributed by atoms with Crippen molar-refractivity contribution in [2.24, 2.45) is 5.92 Å². The molecule has 0 radical (unpaired) electrons. The first-order valence-corrected chi connectivity index (χ1v) is 9.33. The predicted molar refractivity (Wildman–Crippen MR) is 97.6 cm³/mol. The molecule has 1 saturated carbocycles. The number of likely N-dealkylation sites (tertiary alicyclic amines) is 1. The predicted octanol–water partition coefficient (Wildman–Crippen LogP) is 4.34. The molecule has 1 aliphatic heterocycles. The van der Waals surface area contributed by atoms with Gasteiger partial charge >= 0.3 is 0 Å². The molecule has 0 unspecified atom stereocenters. The van der Waals surface area contributed by atoms with Gasteiger partial charge in [0.1, 0.15) is 0 Å². The number of nitrogens with zero attached hydrogens (tertiary/aromatic N) is 1. The summed E-state index contributed by atoms with van der Waals surface area (Å²) in [5, 5.41) is 11.6. The molecule has 1 saturated heterocycles. The van der Waals surface area contributed by atoms with Crippen LogP contribution in [0.25, 0.3) is 0 Å². The third-order valence-corrected chi connectivity index (χ3v) is 6.09. The summed E-state index contributed by atoms with van der Waals surface area (Å²) in [5.74, 6) is 0.353. The third-order valence-electron chi connectivity index (χ3n) is 6.09. The van der Waals surface area contributed by atoms with E-state index in [9.17, 15) is 5.11 Å². The van der Waals surface area contributed by atoms with Crippen LogP contribution >= 0.6 is 0 Å². The molecule has 2 aromatic rings. The Hall–Kier alpha value is -1.64. The van der Waals surface area contributed by atoms with E-state index in [0.717, 1.165) is 31.5 Å². The van der Waals surface area contributed by atoms with Crippen LogP contribution in [0.15, 0.2) is 60.7 Å². The molecular weight excluding hydrogens is 294 g/mol. The molecule has 0 amide bonds. The zero-order chi connectivity index (χ0) is 16.4. The number of piperidine rings is 1. The van der Waals surface area contributed by atoms with Crippen LogP contribution in [-0.4, -0.2) is 22.6 Å². The second kappa shape index (κ2) is 6.70. The summed E-state index contributed by atoms with van der Waals surface area (Å²) in [6, 6.07) is 21.6. The molecule has 1 heterocycles. The Labute approximate surface area is 145 Å². The lowest BCUT2D eigenvalue weighted by molar-refractivity contribution is -0.123. The van der Waals surface area contributed by atoms with Crippen molar-refractivity contribution in [2.75, 3.05) is 6.54 Å². The normalized spacial score (nSPS) is 30.7. The van der Waals surface area contributed by atoms with Crippen LogP contribution in [0.3, 0.4) is 0 Å². The second-order valence-electron chi connectivity index (χ2n) is 7.45. The van der Waals surface area contributed by atoms with Crippen LogP contribution in [0.4, 0.5) is 0 Å². The fourth-order valence-corrected chi connectivity index (χ4v) is 4.87. The largest absolute Gasteiger partial charge is 0.385 e. The summed E-state index contributed by atoms with van der Waals surface area (Å²) in [6.45, 7) is 1.98. The lowest BCUT2D eigenvalue weighted by Gasteiger charge is -2.52. The summed E-state index contributed by atoms with van der Waals surface area (Å²) in [4.78, 5) is 2.62. The Bertz CT molecular complexity index is 656. The van der Waals surface area contributed by atoms with E-state index in [1.165, 1.54) is 24.8 Å². The third kappa shape index (κ3) is 2.89. The van der Waals surface area contributed by atoms with E-state index in [1.54, 1.807) is 0 Å². The Morgan fingerprint density at radius 1 is 0.917 bits per heavy atom. The highest BCUT2D eigenvalue weighted by molar-refractivity contribution is 5.26. The van der Waals surface area contributed by atoms with Crippen molar-refractivity contribution >= 4 is 0 Å². The monoisotopic (exact) mass is 321 g/mol. The number of aliphatic hydroxyl groups is 1. The molecular formula is C22H27NO. The standard InChI is InChI=1S/C22H27NO/c24-22(19-11-5-2-6-12-19)15-16-23(17-18-9-3-1-4-10-18)21-14-8-7-13-20(21)22/h1-6,9-12,20-21,24H,7-8,13-17H2/t20-,21-,22-/m0/s1. The van der Waals surface area contributed by atoms with Crippen LogP contribution in [0, 0.1) is 5.92 Å². The van der Waals surface area contributed by atoms with Gasteiger partial charge in [-0.1, -0.05) is 73.5 Å². The first-order chi connectivity index (χ1) is 11.8. The van der Waals surface area contributed by atoms with Gasteiger partial charge in [0.15, 0.2) is 0 Å². The van der Waals surface area contributed by atoms with Crippen molar-refractivity contribution in [3.05, 3.63) is 71.8 Å². The minimum absolute atomic E-state index is 0.353. The lowest BCUT2D eigenvalue weighted by Crippen LogP contribution is -2.57. The summed E-state index contributed by atoms with van der Waals surface area (Å²) in [7, 11) is 0. The summed E-state index contributed by atoms with van der Waals surface area (Å²) in [5.41, 5.74) is 1.84. The van der Waals surface area contributed by atoms with Gasteiger partial charge < -0.3 is 5.11 Å². The first kappa shape index (κ1) is 15.9. The SMILES string of the molecule is O[C@]1(c2ccccc2)CCN(Cc2ccccc2)[C@H]2CCCC[C@@H]21. The minimum Gasteiger partial charge on any atom is -0.385 e. The highest BCUT2D eigenvalue weighted by atomic mass is 16.3. The van der Waals surface area contributed by atoms with Crippen LogP contribution in [0.5, 0.6) is 0 Å². The highest BCUT2D eigenvalue weighted by Gasteiger charge is 2.48. The molecule has 0 spiro atoms. The average Bonchev–Trinajstić information content (AvgIpc) is 2.66. The van der Waals surface area contributed by atoms with Crippen molar-refractivity contribution < 1.29 is 5.11 Å². The zero-order valence-electron chi connectivity index (χ0n) is 14.3. The fourth-order valence-electron chi connectivity index (χ4n) is 4.87. The zero-order valence-corrected chi connectivity index (χ0v) is 14.3. The van der Waals surface area contributed by atoms with E-state index in [-0.39, 0.29) is 0 Å². The van der Waals surface area contributed by atoms with Gasteiger partial charge in [-0.2, -0.15) is 0 Å². The Morgan fingerprint density at radius 2 is 1.58 bits per heavy atom. The highest BCUT2D eigenvalue weighted by Crippen LogP contribution is 2.47. The smallest absolute Gasteiger partial charge is 0.0951 e. The topological polar surface area (TPSA) is 23.5 Å². The number of hydrogen-bond donors (Lipinski definition) is 1. The molecule has 2 nitrogen and oxygen atoms in total. The van der Waals surface area contributed by atoms with Gasteiger partial charge in [0, 0.05) is 25.0 Å². The van der Waals surface area contributed by atoms with Crippen molar-refractivity contribution in [1.29, 1.82) is 0 Å². The fraction of sp³-hybridized carbons (Fsp3) is 0.455. The molecule has 24 heavy (non-hydrogen) atoms. The van der Waals surface area contributed by atoms with Gasteiger partial charge in [-0.05, 0) is 30.4 Å². The van der Waals surface area contributed by atoms with Crippen molar-refractivity contribution in [1.82, 2.24) is 4.90 Å². The van der Waals surface area contributed by atoms with E-state index in [1.807, 2.05) is 6.07 Å². The molecule has 2 aromatic carbocycles. The molecule has 1 N–H and O–H groups in total. The molecule has 126 valence electrons. The van der Waals surface area contributed by atoms with E-state index >= 15 is 0 Å². The average molecular weight is 321 g/mol. The Kier molecular flexibility index (Phi) is 4.43.